The van der Waals surface area contributed by atoms with E-state index in [0.29, 0.717) is 30.7 Å². The molecule has 0 unspecified atom stereocenters. The molecule has 0 saturated heterocycles. The number of methoxy groups -OCH3 is 1. The average molecular weight is 391 g/mol. The molecule has 0 atom stereocenters. The van der Waals surface area contributed by atoms with Crippen LogP contribution in [0.2, 0.25) is 5.02 Å². The van der Waals surface area contributed by atoms with Crippen LogP contribution < -0.4 is 10.6 Å². The molecule has 2 aromatic carbocycles. The Balaban J connectivity index is 1.97. The van der Waals surface area contributed by atoms with Crippen molar-refractivity contribution in [2.75, 3.05) is 20.3 Å². The molecule has 0 spiro atoms. The van der Waals surface area contributed by atoms with Crippen LogP contribution in [0, 0.1) is 10.1 Å². The third-order valence-corrected chi connectivity index (χ3v) is 3.97. The van der Waals surface area contributed by atoms with Crippen molar-refractivity contribution in [1.29, 1.82) is 0 Å². The molecule has 144 valence electrons. The van der Waals surface area contributed by atoms with E-state index in [2.05, 4.69) is 15.6 Å². The van der Waals surface area contributed by atoms with Crippen LogP contribution in [-0.2, 0) is 17.8 Å². The van der Waals surface area contributed by atoms with Crippen LogP contribution in [0.1, 0.15) is 17.5 Å². The van der Waals surface area contributed by atoms with Gasteiger partial charge in [-0.2, -0.15) is 0 Å². The smallest absolute Gasteiger partial charge is 0.269 e. The molecule has 0 fully saturated rings. The number of nitro benzene ring substituents is 1. The second kappa shape index (κ2) is 11.2. The van der Waals surface area contributed by atoms with Crippen molar-refractivity contribution < 1.29 is 9.66 Å². The van der Waals surface area contributed by atoms with Crippen molar-refractivity contribution in [3.63, 3.8) is 0 Å². The summed E-state index contributed by atoms with van der Waals surface area (Å²) >= 11 is 6.01. The molecular formula is C19H23ClN4O3. The SMILES string of the molecule is COCCCNC(=NCc1cccc(Cl)c1)NCc1ccc([N+](=O)[O-])cc1. The first-order valence-electron chi connectivity index (χ1n) is 8.57. The lowest BCUT2D eigenvalue weighted by Gasteiger charge is -2.13. The first-order valence-corrected chi connectivity index (χ1v) is 8.95. The fourth-order valence-electron chi connectivity index (χ4n) is 2.32. The Bertz CT molecular complexity index is 766. The van der Waals surface area contributed by atoms with E-state index in [-0.39, 0.29) is 5.69 Å². The molecule has 8 heteroatoms. The predicted molar refractivity (Wildman–Crippen MR) is 107 cm³/mol. The van der Waals surface area contributed by atoms with Gasteiger partial charge in [0.25, 0.3) is 5.69 Å². The minimum Gasteiger partial charge on any atom is -0.385 e. The number of rotatable bonds is 9. The molecule has 0 radical (unpaired) electrons. The number of aliphatic imine (C=N–C) groups is 1. The lowest BCUT2D eigenvalue weighted by atomic mass is 10.2. The van der Waals surface area contributed by atoms with Crippen molar-refractivity contribution in [3.05, 3.63) is 74.8 Å². The van der Waals surface area contributed by atoms with Crippen molar-refractivity contribution >= 4 is 23.2 Å². The highest BCUT2D eigenvalue weighted by molar-refractivity contribution is 6.30. The molecule has 27 heavy (non-hydrogen) atoms. The molecule has 0 saturated carbocycles. The normalized spacial score (nSPS) is 11.3. The molecular weight excluding hydrogens is 368 g/mol. The summed E-state index contributed by atoms with van der Waals surface area (Å²) in [6.45, 7) is 2.37. The topological polar surface area (TPSA) is 88.8 Å². The summed E-state index contributed by atoms with van der Waals surface area (Å²) in [5.41, 5.74) is 2.01. The van der Waals surface area contributed by atoms with E-state index in [1.165, 1.54) is 12.1 Å². The van der Waals surface area contributed by atoms with Gasteiger partial charge in [0.1, 0.15) is 0 Å². The van der Waals surface area contributed by atoms with E-state index in [9.17, 15) is 10.1 Å². The van der Waals surface area contributed by atoms with E-state index in [4.69, 9.17) is 16.3 Å². The first-order chi connectivity index (χ1) is 13.1. The van der Waals surface area contributed by atoms with Crippen molar-refractivity contribution in [3.8, 4) is 0 Å². The first kappa shape index (κ1) is 20.7. The van der Waals surface area contributed by atoms with Gasteiger partial charge in [-0.3, -0.25) is 10.1 Å². The molecule has 7 nitrogen and oxygen atoms in total. The monoisotopic (exact) mass is 390 g/mol. The van der Waals surface area contributed by atoms with Crippen molar-refractivity contribution in [2.24, 2.45) is 4.99 Å². The van der Waals surface area contributed by atoms with Crippen LogP contribution in [0.5, 0.6) is 0 Å². The Labute approximate surface area is 163 Å². The number of halogens is 1. The molecule has 0 aliphatic carbocycles. The fourth-order valence-corrected chi connectivity index (χ4v) is 2.54. The molecule has 0 amide bonds. The van der Waals surface area contributed by atoms with Crippen LogP contribution in [-0.4, -0.2) is 31.1 Å². The zero-order valence-corrected chi connectivity index (χ0v) is 15.9. The second-order valence-electron chi connectivity index (χ2n) is 5.84. The fraction of sp³-hybridized carbons (Fsp3) is 0.316. The summed E-state index contributed by atoms with van der Waals surface area (Å²) < 4.78 is 5.06. The van der Waals surface area contributed by atoms with Gasteiger partial charge in [0, 0.05) is 44.0 Å². The molecule has 0 heterocycles. The standard InChI is InChI=1S/C19H23ClN4O3/c1-27-11-3-10-21-19(23-14-16-4-2-5-17(20)12-16)22-13-15-6-8-18(9-7-15)24(25)26/h2,4-9,12H,3,10-11,13-14H2,1H3,(H2,21,22,23). The largest absolute Gasteiger partial charge is 0.385 e. The van der Waals surface area contributed by atoms with Crippen LogP contribution in [0.25, 0.3) is 0 Å². The Hall–Kier alpha value is -2.64. The van der Waals surface area contributed by atoms with Gasteiger partial charge in [-0.25, -0.2) is 4.99 Å². The summed E-state index contributed by atoms with van der Waals surface area (Å²) in [6, 6.07) is 14.0. The predicted octanol–water partition coefficient (Wildman–Crippen LogP) is 3.52. The third-order valence-electron chi connectivity index (χ3n) is 3.73. The van der Waals surface area contributed by atoms with E-state index in [1.807, 2.05) is 24.3 Å². The Morgan fingerprint density at radius 3 is 2.63 bits per heavy atom. The Morgan fingerprint density at radius 2 is 1.96 bits per heavy atom. The zero-order chi connectivity index (χ0) is 19.5. The molecule has 0 aliphatic heterocycles. The number of nitrogens with one attached hydrogen (secondary N) is 2. The maximum Gasteiger partial charge on any atom is 0.269 e. The highest BCUT2D eigenvalue weighted by Crippen LogP contribution is 2.12. The minimum atomic E-state index is -0.410. The number of ether oxygens (including phenoxy) is 1. The summed E-state index contributed by atoms with van der Waals surface area (Å²) in [5, 5.41) is 17.9. The molecule has 2 aromatic rings. The zero-order valence-electron chi connectivity index (χ0n) is 15.2. The lowest BCUT2D eigenvalue weighted by Crippen LogP contribution is -2.37. The summed E-state index contributed by atoms with van der Waals surface area (Å²) in [7, 11) is 1.67. The van der Waals surface area contributed by atoms with Crippen LogP contribution in [0.15, 0.2) is 53.5 Å². The van der Waals surface area contributed by atoms with Gasteiger partial charge in [0.15, 0.2) is 5.96 Å². The van der Waals surface area contributed by atoms with E-state index >= 15 is 0 Å². The van der Waals surface area contributed by atoms with Gasteiger partial charge in [-0.15, -0.1) is 0 Å². The number of hydrogen-bond donors (Lipinski definition) is 2. The van der Waals surface area contributed by atoms with E-state index in [0.717, 1.165) is 24.1 Å². The van der Waals surface area contributed by atoms with E-state index < -0.39 is 4.92 Å². The van der Waals surface area contributed by atoms with Gasteiger partial charge >= 0.3 is 0 Å². The second-order valence-corrected chi connectivity index (χ2v) is 6.28. The van der Waals surface area contributed by atoms with E-state index in [1.54, 1.807) is 19.2 Å². The van der Waals surface area contributed by atoms with Crippen LogP contribution in [0.3, 0.4) is 0 Å². The van der Waals surface area contributed by atoms with Crippen LogP contribution in [0.4, 0.5) is 5.69 Å². The quantitative estimate of drug-likeness (QED) is 0.225. The van der Waals surface area contributed by atoms with Crippen LogP contribution >= 0.6 is 11.6 Å². The molecule has 0 bridgehead atoms. The Kier molecular flexibility index (Phi) is 8.54. The molecule has 2 rings (SSSR count). The van der Waals surface area contributed by atoms with Gasteiger partial charge in [-0.1, -0.05) is 35.9 Å². The average Bonchev–Trinajstić information content (AvgIpc) is 2.67. The van der Waals surface area contributed by atoms with Gasteiger partial charge < -0.3 is 15.4 Å². The maximum atomic E-state index is 10.7. The third kappa shape index (κ3) is 7.64. The van der Waals surface area contributed by atoms with Crippen molar-refractivity contribution in [1.82, 2.24) is 10.6 Å². The van der Waals surface area contributed by atoms with Gasteiger partial charge in [0.05, 0.1) is 11.5 Å². The lowest BCUT2D eigenvalue weighted by molar-refractivity contribution is -0.384. The summed E-state index contributed by atoms with van der Waals surface area (Å²) in [4.78, 5) is 14.9. The highest BCUT2D eigenvalue weighted by atomic mass is 35.5. The maximum absolute atomic E-state index is 10.7. The number of nitrogens with zero attached hydrogens (tertiary/aromatic N) is 2. The Morgan fingerprint density at radius 1 is 1.19 bits per heavy atom. The number of non-ortho nitro benzene ring substituents is 1. The van der Waals surface area contributed by atoms with Gasteiger partial charge in [0.2, 0.25) is 0 Å². The number of guanidine groups is 1. The summed E-state index contributed by atoms with van der Waals surface area (Å²) in [6.07, 6.45) is 0.853. The number of hydrogen-bond acceptors (Lipinski definition) is 4. The molecule has 2 N–H and O–H groups in total. The number of benzene rings is 2. The van der Waals surface area contributed by atoms with Gasteiger partial charge in [-0.05, 0) is 29.7 Å². The highest BCUT2D eigenvalue weighted by Gasteiger charge is 2.05. The van der Waals surface area contributed by atoms with Crippen molar-refractivity contribution in [2.45, 2.75) is 19.5 Å². The summed E-state index contributed by atoms with van der Waals surface area (Å²) in [5.74, 6) is 0.657. The minimum absolute atomic E-state index is 0.0753. The molecule has 0 aromatic heterocycles. The number of nitro groups is 1. The molecule has 0 aliphatic rings.